The van der Waals surface area contributed by atoms with Crippen LogP contribution in [0.2, 0.25) is 0 Å². The van der Waals surface area contributed by atoms with E-state index in [4.69, 9.17) is 32.3 Å². The largest absolute Gasteiger partial charge is 0.472 e. The maximum Gasteiger partial charge on any atom is 0.472 e. The number of unbranched alkanes of at least 4 members (excludes halogenated alkanes) is 24. The molecule has 0 aliphatic rings. The first-order valence-electron chi connectivity index (χ1n) is 38.1. The molecule has 0 radical (unpaired) electrons. The summed E-state index contributed by atoms with van der Waals surface area (Å²) in [4.78, 5) is 58.5. The number of aliphatic hydroxyl groups excluding tert-OH is 2. The molecule has 0 saturated heterocycles. The van der Waals surface area contributed by atoms with Crippen LogP contribution in [0.25, 0.3) is 0 Å². The molecule has 566 valence electrons. The van der Waals surface area contributed by atoms with E-state index < -0.39 is 91.5 Å². The molecule has 0 amide bonds. The molecule has 0 fully saturated rings. The van der Waals surface area contributed by atoms with E-state index in [-0.39, 0.29) is 19.3 Å². The monoisotopic (exact) mass is 1430 g/mol. The summed E-state index contributed by atoms with van der Waals surface area (Å²) in [6.45, 7) is 2.39. The van der Waals surface area contributed by atoms with Gasteiger partial charge < -0.3 is 34.2 Å². The summed E-state index contributed by atoms with van der Waals surface area (Å²) in [7, 11) is -9.80. The third-order valence-electron chi connectivity index (χ3n) is 15.6. The lowest BCUT2D eigenvalue weighted by atomic mass is 10.0. The number of allylic oxidation sites excluding steroid dienone is 24. The minimum Gasteiger partial charge on any atom is -0.463 e. The number of hydrogen-bond acceptors (Lipinski definition) is 14. The normalized spacial score (nSPS) is 14.9. The Hall–Kier alpha value is -4.57. The first kappa shape index (κ1) is 94.4. The molecule has 0 rings (SSSR count). The first-order chi connectivity index (χ1) is 48.2. The van der Waals surface area contributed by atoms with Gasteiger partial charge in [0.05, 0.1) is 26.4 Å². The van der Waals surface area contributed by atoms with E-state index in [1.54, 1.807) is 0 Å². The van der Waals surface area contributed by atoms with Crippen molar-refractivity contribution in [1.29, 1.82) is 0 Å². The van der Waals surface area contributed by atoms with Crippen LogP contribution in [0.3, 0.4) is 0 Å². The second-order valence-electron chi connectivity index (χ2n) is 25.0. The molecule has 0 bridgehead atoms. The van der Waals surface area contributed by atoms with Crippen molar-refractivity contribution >= 4 is 33.6 Å². The SMILES string of the molecule is CC/C=C\C/C=C\C/C=C\C/C=C\C/C=C\C/C=C\CCCCCCCCCCCCC(=O)OCC(O)COP(=O)(O)OCC(O)COP(=O)(O)OCC(COC(=O)CCCC/C=C\C/C=C\C/C=C\C/C=C\C/C=C\C/C=C\CC)OC(=O)CCCCCCCCCCCCCCC. The Kier molecular flexibility index (Phi) is 69.8. The van der Waals surface area contributed by atoms with Crippen molar-refractivity contribution in [3.8, 4) is 0 Å². The van der Waals surface area contributed by atoms with Crippen molar-refractivity contribution in [3.63, 3.8) is 0 Å². The Labute approximate surface area is 600 Å². The maximum absolute atomic E-state index is 12.9. The molecule has 99 heavy (non-hydrogen) atoms. The van der Waals surface area contributed by atoms with Crippen molar-refractivity contribution in [1.82, 2.24) is 0 Å². The number of carbonyl (C=O) groups is 3. The van der Waals surface area contributed by atoms with Crippen molar-refractivity contribution < 1.29 is 75.8 Å². The number of carbonyl (C=O) groups excluding carboxylic acids is 3. The summed E-state index contributed by atoms with van der Waals surface area (Å²) in [5, 5.41) is 20.6. The summed E-state index contributed by atoms with van der Waals surface area (Å²) in [5.41, 5.74) is 0. The minimum absolute atomic E-state index is 0.0942. The standard InChI is InChI=1S/C81H136O16P2/c1-4-7-10-13-16-19-22-25-27-29-31-33-34-35-36-37-38-39-40-42-44-45-47-50-52-55-58-61-64-67-79(84)91-70-76(82)71-93-98(87,88)94-72-77(83)73-95-99(89,90)96-75-78(97-81(86)69-66-63-60-57-54-49-24-21-18-15-12-9-6-3)74-92-80(85)68-65-62-59-56-53-51-48-46-43-41-32-30-28-26-23-20-17-14-11-8-5-2/h7-8,10-11,16-17,19-20,25-28,31-33,35-36,38-39,41,46,48,53,56,76-78,82-83H,4-6,9,12-15,18,21-24,29-30,34,37,40,42-45,47,49-52,54-55,57-75H2,1-3H3,(H,87,88)(H,89,90)/b10-7-,11-8-,19-16-,20-17-,27-25-,28-26-,33-31-,36-35-,39-38-,41-32-,48-46-,56-53-. The average Bonchev–Trinajstić information content (AvgIpc) is 1.36. The smallest absolute Gasteiger partial charge is 0.463 e. The molecule has 0 aliphatic carbocycles. The molecule has 0 aliphatic heterocycles. The lowest BCUT2D eigenvalue weighted by Crippen LogP contribution is -2.30. The van der Waals surface area contributed by atoms with Gasteiger partial charge in [-0.15, -0.1) is 0 Å². The molecule has 0 saturated carbocycles. The predicted octanol–water partition coefficient (Wildman–Crippen LogP) is 22.1. The van der Waals surface area contributed by atoms with Crippen LogP contribution in [-0.4, -0.2) is 95.9 Å². The average molecular weight is 1430 g/mol. The quantitative estimate of drug-likeness (QED) is 0.0146. The van der Waals surface area contributed by atoms with Gasteiger partial charge in [0, 0.05) is 19.3 Å². The first-order valence-corrected chi connectivity index (χ1v) is 41.1. The predicted molar refractivity (Wildman–Crippen MR) is 408 cm³/mol. The maximum atomic E-state index is 12.9. The summed E-state index contributed by atoms with van der Waals surface area (Å²) < 4.78 is 61.0. The van der Waals surface area contributed by atoms with Crippen LogP contribution >= 0.6 is 15.6 Å². The molecule has 5 unspecified atom stereocenters. The van der Waals surface area contributed by atoms with Crippen LogP contribution in [0.4, 0.5) is 0 Å². The second-order valence-corrected chi connectivity index (χ2v) is 28.0. The Morgan fingerprint density at radius 1 is 0.293 bits per heavy atom. The van der Waals surface area contributed by atoms with Crippen LogP contribution in [-0.2, 0) is 55.8 Å². The fourth-order valence-electron chi connectivity index (χ4n) is 9.81. The Balaban J connectivity index is 4.55. The molecular weight excluding hydrogens is 1290 g/mol. The van der Waals surface area contributed by atoms with Crippen molar-refractivity contribution in [2.45, 2.75) is 309 Å². The van der Waals surface area contributed by atoms with Gasteiger partial charge in [0.2, 0.25) is 0 Å². The minimum atomic E-state index is -4.94. The number of phosphoric ester groups is 2. The van der Waals surface area contributed by atoms with E-state index in [1.165, 1.54) is 83.5 Å². The zero-order chi connectivity index (χ0) is 72.3. The number of phosphoric acid groups is 2. The van der Waals surface area contributed by atoms with Crippen LogP contribution in [0.1, 0.15) is 290 Å². The second kappa shape index (κ2) is 73.2. The van der Waals surface area contributed by atoms with Gasteiger partial charge in [0.25, 0.3) is 0 Å². The molecular formula is C81H136O16P2. The molecule has 4 N–H and O–H groups in total. The van der Waals surface area contributed by atoms with Crippen molar-refractivity contribution in [2.24, 2.45) is 0 Å². The van der Waals surface area contributed by atoms with E-state index in [1.807, 2.05) is 0 Å². The Bertz CT molecular complexity index is 2380. The van der Waals surface area contributed by atoms with E-state index in [0.29, 0.717) is 19.3 Å². The van der Waals surface area contributed by atoms with E-state index in [0.717, 1.165) is 148 Å². The van der Waals surface area contributed by atoms with E-state index in [9.17, 15) is 43.5 Å². The summed E-state index contributed by atoms with van der Waals surface area (Å²) in [6.07, 6.45) is 89.0. The van der Waals surface area contributed by atoms with Gasteiger partial charge in [0.1, 0.15) is 25.4 Å². The molecule has 0 aromatic heterocycles. The topological polar surface area (TPSA) is 231 Å². The zero-order valence-electron chi connectivity index (χ0n) is 61.6. The van der Waals surface area contributed by atoms with Gasteiger partial charge in [-0.05, 0) is 122 Å². The Morgan fingerprint density at radius 3 is 0.869 bits per heavy atom. The van der Waals surface area contributed by atoms with Gasteiger partial charge in [-0.1, -0.05) is 295 Å². The Morgan fingerprint density at radius 2 is 0.535 bits per heavy atom. The number of esters is 3. The molecule has 18 heteroatoms. The van der Waals surface area contributed by atoms with E-state index >= 15 is 0 Å². The van der Waals surface area contributed by atoms with Crippen LogP contribution in [0.5, 0.6) is 0 Å². The van der Waals surface area contributed by atoms with Gasteiger partial charge in [-0.3, -0.25) is 32.5 Å². The fourth-order valence-corrected chi connectivity index (χ4v) is 11.4. The molecule has 0 aromatic rings. The number of hydrogen-bond donors (Lipinski definition) is 4. The fraction of sp³-hybridized carbons (Fsp3) is 0.667. The summed E-state index contributed by atoms with van der Waals surface area (Å²) in [6, 6.07) is 0. The number of ether oxygens (including phenoxy) is 3. The zero-order valence-corrected chi connectivity index (χ0v) is 63.4. The lowest BCUT2D eigenvalue weighted by Gasteiger charge is -2.21. The lowest BCUT2D eigenvalue weighted by molar-refractivity contribution is -0.161. The van der Waals surface area contributed by atoms with Crippen LogP contribution in [0.15, 0.2) is 146 Å². The van der Waals surface area contributed by atoms with Crippen LogP contribution in [0, 0.1) is 0 Å². The number of rotatable bonds is 71. The molecule has 5 atom stereocenters. The van der Waals surface area contributed by atoms with Gasteiger partial charge in [-0.25, -0.2) is 9.13 Å². The van der Waals surface area contributed by atoms with Gasteiger partial charge in [-0.2, -0.15) is 0 Å². The summed E-state index contributed by atoms with van der Waals surface area (Å²) in [5.74, 6) is -1.63. The number of aliphatic hydroxyl groups is 2. The highest BCUT2D eigenvalue weighted by atomic mass is 31.2. The van der Waals surface area contributed by atoms with Gasteiger partial charge in [0.15, 0.2) is 6.10 Å². The molecule has 0 aromatic carbocycles. The van der Waals surface area contributed by atoms with Crippen molar-refractivity contribution in [2.75, 3.05) is 39.6 Å². The molecule has 0 spiro atoms. The highest BCUT2D eigenvalue weighted by Gasteiger charge is 2.29. The highest BCUT2D eigenvalue weighted by molar-refractivity contribution is 7.47. The van der Waals surface area contributed by atoms with Crippen LogP contribution < -0.4 is 0 Å². The van der Waals surface area contributed by atoms with Crippen molar-refractivity contribution in [3.05, 3.63) is 146 Å². The highest BCUT2D eigenvalue weighted by Crippen LogP contribution is 2.45. The molecule has 16 nitrogen and oxygen atoms in total. The van der Waals surface area contributed by atoms with Gasteiger partial charge >= 0.3 is 33.6 Å². The van der Waals surface area contributed by atoms with E-state index in [2.05, 4.69) is 167 Å². The molecule has 0 heterocycles. The third kappa shape index (κ3) is 74.4. The summed E-state index contributed by atoms with van der Waals surface area (Å²) >= 11 is 0. The third-order valence-corrected chi connectivity index (χ3v) is 17.5.